The highest BCUT2D eigenvalue weighted by Gasteiger charge is 2.02. The lowest BCUT2D eigenvalue weighted by Gasteiger charge is -2.07. The molecule has 3 N–H and O–H groups in total. The summed E-state index contributed by atoms with van der Waals surface area (Å²) in [6, 6.07) is 7.14. The van der Waals surface area contributed by atoms with E-state index in [9.17, 15) is 4.79 Å². The maximum absolute atomic E-state index is 11.5. The predicted octanol–water partition coefficient (Wildman–Crippen LogP) is 1.81. The summed E-state index contributed by atoms with van der Waals surface area (Å²) in [6.07, 6.45) is 0.903. The molecule has 6 heteroatoms. The Hall–Kier alpha value is -1.30. The molecule has 0 fully saturated rings. The molecule has 0 aromatic heterocycles. The molecular formula is C13H21ClN2O3. The number of hydrogen-bond donors (Lipinski definition) is 2. The Morgan fingerprint density at radius 1 is 1.26 bits per heavy atom. The molecule has 108 valence electrons. The summed E-state index contributed by atoms with van der Waals surface area (Å²) < 4.78 is 10.5. The number of halogens is 1. The molecule has 0 saturated heterocycles. The summed E-state index contributed by atoms with van der Waals surface area (Å²) in [5, 5.41) is 2.74. The second-order valence-electron chi connectivity index (χ2n) is 3.76. The Kier molecular flexibility index (Phi) is 9.88. The van der Waals surface area contributed by atoms with E-state index in [-0.39, 0.29) is 24.9 Å². The van der Waals surface area contributed by atoms with Crippen molar-refractivity contribution in [1.29, 1.82) is 0 Å². The lowest BCUT2D eigenvalue weighted by molar-refractivity contribution is -0.120. The molecule has 0 aliphatic heterocycles. The van der Waals surface area contributed by atoms with Crippen molar-refractivity contribution in [3.63, 3.8) is 0 Å². The Balaban J connectivity index is 0.00000324. The van der Waals surface area contributed by atoms with E-state index >= 15 is 0 Å². The third-order valence-electron chi connectivity index (χ3n) is 2.11. The molecule has 1 rings (SSSR count). The number of amides is 1. The molecule has 0 unspecified atom stereocenters. The molecule has 1 amide bonds. The van der Waals surface area contributed by atoms with Crippen LogP contribution in [0.2, 0.25) is 0 Å². The Bertz CT molecular complexity index is 357. The maximum atomic E-state index is 11.5. The monoisotopic (exact) mass is 288 g/mol. The lowest BCUT2D eigenvalue weighted by Crippen LogP contribution is -2.18. The Morgan fingerprint density at radius 2 is 1.95 bits per heavy atom. The van der Waals surface area contributed by atoms with Gasteiger partial charge in [-0.25, -0.2) is 0 Å². The largest absolute Gasteiger partial charge is 0.492 e. The average molecular weight is 289 g/mol. The van der Waals surface area contributed by atoms with Crippen LogP contribution in [-0.4, -0.2) is 32.3 Å². The fourth-order valence-electron chi connectivity index (χ4n) is 1.32. The van der Waals surface area contributed by atoms with Gasteiger partial charge in [0, 0.05) is 18.8 Å². The van der Waals surface area contributed by atoms with E-state index in [1.807, 2.05) is 6.92 Å². The molecule has 0 spiro atoms. The van der Waals surface area contributed by atoms with Crippen molar-refractivity contribution in [3.05, 3.63) is 24.3 Å². The van der Waals surface area contributed by atoms with Gasteiger partial charge in [0.05, 0.1) is 0 Å². The molecule has 0 atom stereocenters. The SMILES string of the molecule is CCCOCC(=O)Nc1ccc(OCCN)cc1.Cl. The molecule has 19 heavy (non-hydrogen) atoms. The highest BCUT2D eigenvalue weighted by atomic mass is 35.5. The summed E-state index contributed by atoms with van der Waals surface area (Å²) in [5.41, 5.74) is 6.06. The third kappa shape index (κ3) is 7.66. The fraction of sp³-hybridized carbons (Fsp3) is 0.462. The smallest absolute Gasteiger partial charge is 0.250 e. The minimum atomic E-state index is -0.154. The van der Waals surface area contributed by atoms with Gasteiger partial charge in [0.2, 0.25) is 5.91 Å². The number of benzene rings is 1. The summed E-state index contributed by atoms with van der Waals surface area (Å²) in [7, 11) is 0. The highest BCUT2D eigenvalue weighted by molar-refractivity contribution is 5.91. The van der Waals surface area contributed by atoms with Crippen LogP contribution in [0.4, 0.5) is 5.69 Å². The topological polar surface area (TPSA) is 73.6 Å². The molecule has 0 aliphatic rings. The van der Waals surface area contributed by atoms with Crippen LogP contribution in [0.5, 0.6) is 5.75 Å². The van der Waals surface area contributed by atoms with Crippen LogP contribution in [0.3, 0.4) is 0 Å². The van der Waals surface area contributed by atoms with Gasteiger partial charge in [-0.05, 0) is 30.7 Å². The number of anilines is 1. The van der Waals surface area contributed by atoms with E-state index in [2.05, 4.69) is 5.32 Å². The van der Waals surface area contributed by atoms with Gasteiger partial charge in [0.25, 0.3) is 0 Å². The molecule has 0 bridgehead atoms. The van der Waals surface area contributed by atoms with E-state index in [4.69, 9.17) is 15.2 Å². The van der Waals surface area contributed by atoms with Crippen molar-refractivity contribution in [3.8, 4) is 5.75 Å². The van der Waals surface area contributed by atoms with Crippen molar-refractivity contribution < 1.29 is 14.3 Å². The molecular weight excluding hydrogens is 268 g/mol. The lowest BCUT2D eigenvalue weighted by atomic mass is 10.3. The van der Waals surface area contributed by atoms with E-state index in [1.54, 1.807) is 24.3 Å². The van der Waals surface area contributed by atoms with Gasteiger partial charge in [0.1, 0.15) is 19.0 Å². The van der Waals surface area contributed by atoms with Crippen molar-refractivity contribution in [2.45, 2.75) is 13.3 Å². The molecule has 0 saturated carbocycles. The number of nitrogens with two attached hydrogens (primary N) is 1. The van der Waals surface area contributed by atoms with Crippen molar-refractivity contribution in [1.82, 2.24) is 0 Å². The first kappa shape index (κ1) is 17.7. The van der Waals surface area contributed by atoms with E-state index in [1.165, 1.54) is 0 Å². The standard InChI is InChI=1S/C13H20N2O3.ClH/c1-2-8-17-10-13(16)15-11-3-5-12(6-4-11)18-9-7-14;/h3-6H,2,7-10,14H2,1H3,(H,15,16);1H. The number of ether oxygens (including phenoxy) is 2. The number of nitrogens with one attached hydrogen (secondary N) is 1. The number of carbonyl (C=O) groups is 1. The van der Waals surface area contributed by atoms with Crippen LogP contribution < -0.4 is 15.8 Å². The molecule has 0 heterocycles. The van der Waals surface area contributed by atoms with Crippen LogP contribution in [0.25, 0.3) is 0 Å². The van der Waals surface area contributed by atoms with Gasteiger partial charge >= 0.3 is 0 Å². The van der Waals surface area contributed by atoms with Crippen molar-refractivity contribution in [2.24, 2.45) is 5.73 Å². The first-order valence-corrected chi connectivity index (χ1v) is 6.06. The zero-order valence-electron chi connectivity index (χ0n) is 11.1. The molecule has 0 aliphatic carbocycles. The van der Waals surface area contributed by atoms with Gasteiger partial charge in [-0.3, -0.25) is 4.79 Å². The maximum Gasteiger partial charge on any atom is 0.250 e. The van der Waals surface area contributed by atoms with E-state index in [0.717, 1.165) is 17.9 Å². The summed E-state index contributed by atoms with van der Waals surface area (Å²) in [5.74, 6) is 0.583. The van der Waals surface area contributed by atoms with Crippen LogP contribution >= 0.6 is 12.4 Å². The van der Waals surface area contributed by atoms with Gasteiger partial charge in [-0.15, -0.1) is 12.4 Å². The van der Waals surface area contributed by atoms with E-state index in [0.29, 0.717) is 19.8 Å². The predicted molar refractivity (Wildman–Crippen MR) is 78.0 cm³/mol. The van der Waals surface area contributed by atoms with Crippen molar-refractivity contribution in [2.75, 3.05) is 31.7 Å². The number of rotatable bonds is 8. The first-order valence-electron chi connectivity index (χ1n) is 6.06. The average Bonchev–Trinajstić information content (AvgIpc) is 2.38. The van der Waals surface area contributed by atoms with Crippen LogP contribution in [0.1, 0.15) is 13.3 Å². The minimum absolute atomic E-state index is 0. The molecule has 5 nitrogen and oxygen atoms in total. The van der Waals surface area contributed by atoms with E-state index < -0.39 is 0 Å². The highest BCUT2D eigenvalue weighted by Crippen LogP contribution is 2.15. The fourth-order valence-corrected chi connectivity index (χ4v) is 1.32. The zero-order valence-corrected chi connectivity index (χ0v) is 11.9. The minimum Gasteiger partial charge on any atom is -0.492 e. The number of hydrogen-bond acceptors (Lipinski definition) is 4. The first-order chi connectivity index (χ1) is 8.76. The Labute approximate surface area is 119 Å². The van der Waals surface area contributed by atoms with Crippen LogP contribution in [0, 0.1) is 0 Å². The van der Waals surface area contributed by atoms with Crippen LogP contribution in [0.15, 0.2) is 24.3 Å². The third-order valence-corrected chi connectivity index (χ3v) is 2.11. The zero-order chi connectivity index (χ0) is 13.2. The normalized spacial score (nSPS) is 9.58. The van der Waals surface area contributed by atoms with Gasteiger partial charge in [0.15, 0.2) is 0 Å². The number of carbonyl (C=O) groups excluding carboxylic acids is 1. The quantitative estimate of drug-likeness (QED) is 0.716. The van der Waals surface area contributed by atoms with Gasteiger partial charge in [-0.2, -0.15) is 0 Å². The van der Waals surface area contributed by atoms with Crippen molar-refractivity contribution >= 4 is 24.0 Å². The molecule has 1 aromatic carbocycles. The van der Waals surface area contributed by atoms with Crippen LogP contribution in [-0.2, 0) is 9.53 Å². The summed E-state index contributed by atoms with van der Waals surface area (Å²) >= 11 is 0. The molecule has 0 radical (unpaired) electrons. The second kappa shape index (κ2) is 10.6. The molecule has 1 aromatic rings. The summed E-state index contributed by atoms with van der Waals surface area (Å²) in [4.78, 5) is 11.5. The van der Waals surface area contributed by atoms with Gasteiger partial charge in [-0.1, -0.05) is 6.92 Å². The summed E-state index contributed by atoms with van der Waals surface area (Å²) in [6.45, 7) is 3.64. The Morgan fingerprint density at radius 3 is 2.53 bits per heavy atom. The second-order valence-corrected chi connectivity index (χ2v) is 3.76. The van der Waals surface area contributed by atoms with Gasteiger partial charge < -0.3 is 20.5 Å².